The number of hydrogen-bond donors (Lipinski definition) is 2. The Bertz CT molecular complexity index is 668. The predicted octanol–water partition coefficient (Wildman–Crippen LogP) is 3.53. The minimum atomic E-state index is -0.873. The highest BCUT2D eigenvalue weighted by molar-refractivity contribution is 5.73. The second-order valence-corrected chi connectivity index (χ2v) is 6.87. The largest absolute Gasteiger partial charge is 0.481 e. The normalized spacial score (nSPS) is 14.4. The summed E-state index contributed by atoms with van der Waals surface area (Å²) in [7, 11) is 4.15. The first-order valence-corrected chi connectivity index (χ1v) is 9.09. The van der Waals surface area contributed by atoms with Crippen molar-refractivity contribution in [1.29, 1.82) is 0 Å². The molecule has 0 fully saturated rings. The molecule has 1 aliphatic carbocycles. The number of carbonyl (C=O) groups is 2. The van der Waals surface area contributed by atoms with E-state index in [-0.39, 0.29) is 13.0 Å². The smallest absolute Gasteiger partial charge is 0.412 e. The van der Waals surface area contributed by atoms with E-state index in [0.29, 0.717) is 12.2 Å². The number of amides is 1. The lowest BCUT2D eigenvalue weighted by Crippen LogP contribution is -2.28. The summed E-state index contributed by atoms with van der Waals surface area (Å²) < 4.78 is 5.34. The van der Waals surface area contributed by atoms with E-state index in [0.717, 1.165) is 24.9 Å². The van der Waals surface area contributed by atoms with Crippen molar-refractivity contribution < 1.29 is 19.4 Å². The number of nitrogens with zero attached hydrogens (tertiary/aromatic N) is 1. The highest BCUT2D eigenvalue weighted by Gasteiger charge is 2.16. The molecule has 0 bridgehead atoms. The van der Waals surface area contributed by atoms with Crippen LogP contribution in [0.2, 0.25) is 0 Å². The molecule has 0 saturated heterocycles. The SMILES string of the molecule is CN(C)CC1=C(c2cccc(OC(=O)NCCCC(=O)O)c2)CCCC1. The maximum Gasteiger partial charge on any atom is 0.412 e. The molecular weight excluding hydrogens is 332 g/mol. The van der Waals surface area contributed by atoms with Crippen molar-refractivity contribution >= 4 is 17.6 Å². The van der Waals surface area contributed by atoms with Crippen LogP contribution in [-0.2, 0) is 4.79 Å². The number of nitrogens with one attached hydrogen (secondary N) is 1. The van der Waals surface area contributed by atoms with Crippen molar-refractivity contribution in [2.45, 2.75) is 38.5 Å². The van der Waals surface area contributed by atoms with Gasteiger partial charge in [-0.25, -0.2) is 4.79 Å². The maximum atomic E-state index is 11.9. The van der Waals surface area contributed by atoms with Crippen LogP contribution < -0.4 is 10.1 Å². The lowest BCUT2D eigenvalue weighted by molar-refractivity contribution is -0.137. The van der Waals surface area contributed by atoms with Crippen molar-refractivity contribution in [3.63, 3.8) is 0 Å². The molecule has 2 N–H and O–H groups in total. The molecule has 0 radical (unpaired) electrons. The number of allylic oxidation sites excluding steroid dienone is 1. The van der Waals surface area contributed by atoms with E-state index in [9.17, 15) is 9.59 Å². The molecule has 26 heavy (non-hydrogen) atoms. The fourth-order valence-corrected chi connectivity index (χ4v) is 3.19. The Hall–Kier alpha value is -2.34. The van der Waals surface area contributed by atoms with E-state index in [1.54, 1.807) is 6.07 Å². The molecule has 0 atom stereocenters. The van der Waals surface area contributed by atoms with E-state index < -0.39 is 12.1 Å². The number of carbonyl (C=O) groups excluding carboxylic acids is 1. The molecule has 0 aliphatic heterocycles. The summed E-state index contributed by atoms with van der Waals surface area (Å²) in [5.74, 6) is -0.373. The zero-order valence-electron chi connectivity index (χ0n) is 15.6. The summed E-state index contributed by atoms with van der Waals surface area (Å²) in [6.07, 6.45) is 4.42. The van der Waals surface area contributed by atoms with Crippen molar-refractivity contribution in [2.24, 2.45) is 0 Å². The molecule has 2 rings (SSSR count). The Balaban J connectivity index is 2.01. The molecule has 0 spiro atoms. The van der Waals surface area contributed by atoms with Gasteiger partial charge in [-0.05, 0) is 69.5 Å². The minimum Gasteiger partial charge on any atom is -0.481 e. The van der Waals surface area contributed by atoms with Crippen LogP contribution in [0.5, 0.6) is 5.75 Å². The number of aliphatic carboxylic acids is 1. The first-order valence-electron chi connectivity index (χ1n) is 9.09. The molecule has 0 saturated carbocycles. The van der Waals surface area contributed by atoms with Gasteiger partial charge in [-0.3, -0.25) is 4.79 Å². The summed E-state index contributed by atoms with van der Waals surface area (Å²) in [6, 6.07) is 7.63. The van der Waals surface area contributed by atoms with Crippen LogP contribution in [0.15, 0.2) is 29.8 Å². The zero-order chi connectivity index (χ0) is 18.9. The number of rotatable bonds is 8. The molecule has 142 valence electrons. The van der Waals surface area contributed by atoms with E-state index in [4.69, 9.17) is 9.84 Å². The Morgan fingerprint density at radius 2 is 2.00 bits per heavy atom. The van der Waals surface area contributed by atoms with Crippen molar-refractivity contribution in [3.8, 4) is 5.75 Å². The van der Waals surface area contributed by atoms with E-state index in [1.807, 2.05) is 12.1 Å². The molecule has 1 aromatic carbocycles. The lowest BCUT2D eigenvalue weighted by Gasteiger charge is -2.23. The Morgan fingerprint density at radius 3 is 2.73 bits per heavy atom. The lowest BCUT2D eigenvalue weighted by atomic mass is 9.87. The predicted molar refractivity (Wildman–Crippen MR) is 101 cm³/mol. The van der Waals surface area contributed by atoms with E-state index >= 15 is 0 Å². The van der Waals surface area contributed by atoms with Crippen LogP contribution >= 0.6 is 0 Å². The Kier molecular flexibility index (Phi) is 7.66. The average Bonchev–Trinajstić information content (AvgIpc) is 2.59. The molecular formula is C20H28N2O4. The number of likely N-dealkylation sites (N-methyl/N-ethyl adjacent to an activating group) is 1. The number of carboxylic acid groups (broad SMARTS) is 1. The number of ether oxygens (including phenoxy) is 1. The third-order valence-corrected chi connectivity index (χ3v) is 4.32. The molecule has 6 nitrogen and oxygen atoms in total. The van der Waals surface area contributed by atoms with Gasteiger partial charge in [0.15, 0.2) is 0 Å². The second-order valence-electron chi connectivity index (χ2n) is 6.87. The number of carboxylic acids is 1. The summed E-state index contributed by atoms with van der Waals surface area (Å²) in [6.45, 7) is 1.23. The van der Waals surface area contributed by atoms with Crippen LogP contribution in [0.1, 0.15) is 44.1 Å². The summed E-state index contributed by atoms with van der Waals surface area (Å²) in [5, 5.41) is 11.2. The van der Waals surface area contributed by atoms with Gasteiger partial charge in [0.25, 0.3) is 0 Å². The summed E-state index contributed by atoms with van der Waals surface area (Å²) >= 11 is 0. The van der Waals surface area contributed by atoms with Gasteiger partial charge in [0, 0.05) is 19.5 Å². The van der Waals surface area contributed by atoms with E-state index in [2.05, 4.69) is 30.4 Å². The summed E-state index contributed by atoms with van der Waals surface area (Å²) in [5.41, 5.74) is 3.92. The topological polar surface area (TPSA) is 78.9 Å². The first-order chi connectivity index (χ1) is 12.5. The minimum absolute atomic E-state index is 0.0264. The van der Waals surface area contributed by atoms with Crippen LogP contribution in [-0.4, -0.2) is 49.3 Å². The van der Waals surface area contributed by atoms with Crippen molar-refractivity contribution in [1.82, 2.24) is 10.2 Å². The highest BCUT2D eigenvalue weighted by Crippen LogP contribution is 2.33. The van der Waals surface area contributed by atoms with Gasteiger partial charge in [-0.15, -0.1) is 0 Å². The second kappa shape index (κ2) is 9.97. The molecule has 6 heteroatoms. The van der Waals surface area contributed by atoms with Crippen LogP contribution in [0.25, 0.3) is 5.57 Å². The zero-order valence-corrected chi connectivity index (χ0v) is 15.6. The average molecular weight is 360 g/mol. The number of benzene rings is 1. The van der Waals surface area contributed by atoms with Crippen LogP contribution in [0, 0.1) is 0 Å². The van der Waals surface area contributed by atoms with Gasteiger partial charge in [0.1, 0.15) is 5.75 Å². The van der Waals surface area contributed by atoms with Gasteiger partial charge < -0.3 is 20.1 Å². The fraction of sp³-hybridized carbons (Fsp3) is 0.500. The Morgan fingerprint density at radius 1 is 1.23 bits per heavy atom. The summed E-state index contributed by atoms with van der Waals surface area (Å²) in [4.78, 5) is 24.5. The van der Waals surface area contributed by atoms with Gasteiger partial charge in [0.05, 0.1) is 0 Å². The van der Waals surface area contributed by atoms with Crippen LogP contribution in [0.4, 0.5) is 4.79 Å². The quantitative estimate of drug-likeness (QED) is 0.694. The van der Waals surface area contributed by atoms with Crippen LogP contribution in [0.3, 0.4) is 0 Å². The van der Waals surface area contributed by atoms with Crippen molar-refractivity contribution in [2.75, 3.05) is 27.2 Å². The van der Waals surface area contributed by atoms with Gasteiger partial charge in [-0.1, -0.05) is 17.7 Å². The standard InChI is InChI=1S/C20H28N2O4/c1-22(2)14-16-7-3-4-10-18(16)15-8-5-9-17(13-15)26-20(25)21-12-6-11-19(23)24/h5,8-9,13H,3-4,6-7,10-12,14H2,1-2H3,(H,21,25)(H,23,24). The molecule has 0 aromatic heterocycles. The molecule has 1 amide bonds. The first kappa shape index (κ1) is 20.0. The molecule has 0 unspecified atom stereocenters. The fourth-order valence-electron chi connectivity index (χ4n) is 3.19. The van der Waals surface area contributed by atoms with Crippen molar-refractivity contribution in [3.05, 3.63) is 35.4 Å². The van der Waals surface area contributed by atoms with Gasteiger partial charge in [0.2, 0.25) is 0 Å². The maximum absolute atomic E-state index is 11.9. The Labute approximate surface area is 154 Å². The monoisotopic (exact) mass is 360 g/mol. The van der Waals surface area contributed by atoms with E-state index in [1.165, 1.54) is 24.0 Å². The van der Waals surface area contributed by atoms with Gasteiger partial charge in [-0.2, -0.15) is 0 Å². The third-order valence-electron chi connectivity index (χ3n) is 4.32. The third kappa shape index (κ3) is 6.52. The van der Waals surface area contributed by atoms with Gasteiger partial charge >= 0.3 is 12.1 Å². The molecule has 0 heterocycles. The highest BCUT2D eigenvalue weighted by atomic mass is 16.6. The molecule has 1 aromatic rings. The molecule has 1 aliphatic rings. The number of hydrogen-bond acceptors (Lipinski definition) is 4.